The van der Waals surface area contributed by atoms with Crippen LogP contribution in [0.3, 0.4) is 0 Å². The Balaban J connectivity index is 1.63. The van der Waals surface area contributed by atoms with Gasteiger partial charge in [-0.25, -0.2) is 0 Å². The van der Waals surface area contributed by atoms with Gasteiger partial charge in [0.15, 0.2) is 0 Å². The maximum absolute atomic E-state index is 9.41. The Morgan fingerprint density at radius 1 is 1.30 bits per heavy atom. The molecule has 1 N–H and O–H groups in total. The molecule has 5 rings (SSSR count). The Labute approximate surface area is 140 Å². The second kappa shape index (κ2) is 5.97. The fourth-order valence-corrected chi connectivity index (χ4v) is 3.75. The van der Waals surface area contributed by atoms with Gasteiger partial charge in [0.25, 0.3) is 0 Å². The van der Waals surface area contributed by atoms with Crippen LogP contribution in [-0.2, 0) is 0 Å². The van der Waals surface area contributed by atoms with Crippen molar-refractivity contribution in [2.45, 2.75) is 6.04 Å². The summed E-state index contributed by atoms with van der Waals surface area (Å²) in [4.78, 5) is 9.40. The minimum absolute atomic E-state index is 0.492. The quantitative estimate of drug-likeness (QED) is 0.936. The van der Waals surface area contributed by atoms with Crippen LogP contribution in [0.2, 0.25) is 5.02 Å². The van der Waals surface area contributed by atoms with Gasteiger partial charge in [0.1, 0.15) is 6.07 Å². The van der Waals surface area contributed by atoms with Crippen LogP contribution in [0.5, 0.6) is 0 Å². The van der Waals surface area contributed by atoms with Crippen molar-refractivity contribution in [2.24, 2.45) is 0 Å². The van der Waals surface area contributed by atoms with Crippen molar-refractivity contribution in [3.8, 4) is 6.07 Å². The summed E-state index contributed by atoms with van der Waals surface area (Å²) in [5, 5.41) is 14.5. The third-order valence-corrected chi connectivity index (χ3v) is 5.09. The predicted octanol–water partition coefficient (Wildman–Crippen LogP) is 2.17. The monoisotopic (exact) mass is 327 g/mol. The van der Waals surface area contributed by atoms with Gasteiger partial charge in [-0.2, -0.15) is 5.26 Å². The topological polar surface area (TPSA) is 55.2 Å². The third-order valence-electron chi connectivity index (χ3n) is 4.86. The molecule has 0 spiro atoms. The second-order valence-electron chi connectivity index (χ2n) is 6.19. The highest BCUT2D eigenvalue weighted by molar-refractivity contribution is 6.31. The number of rotatable bonds is 3. The Bertz CT molecular complexity index is 776. The molecule has 3 fully saturated rings. The number of nitrogens with one attached hydrogen (secondary N) is 1. The number of halogens is 1. The smallest absolute Gasteiger partial charge is 0.103 e. The molecule has 1 atom stereocenters. The molecule has 6 heteroatoms. The average molecular weight is 328 g/mol. The number of fused-ring (bicyclic) bond motifs is 4. The molecule has 118 valence electrons. The number of piperazine rings is 3. The molecule has 0 saturated carbocycles. The van der Waals surface area contributed by atoms with Gasteiger partial charge in [-0.1, -0.05) is 11.6 Å². The summed E-state index contributed by atoms with van der Waals surface area (Å²) in [6, 6.07) is 8.32. The first-order chi connectivity index (χ1) is 11.2. The third kappa shape index (κ3) is 2.74. The first kappa shape index (κ1) is 14.7. The number of hydrogen-bond donors (Lipinski definition) is 1. The maximum Gasteiger partial charge on any atom is 0.103 e. The van der Waals surface area contributed by atoms with Gasteiger partial charge in [0, 0.05) is 61.9 Å². The fraction of sp³-hybridized carbons (Fsp3) is 0.412. The Kier molecular flexibility index (Phi) is 3.82. The fourth-order valence-electron chi connectivity index (χ4n) is 3.58. The molecule has 2 aromatic rings. The van der Waals surface area contributed by atoms with Crippen LogP contribution in [0, 0.1) is 11.3 Å². The van der Waals surface area contributed by atoms with Gasteiger partial charge < -0.3 is 5.32 Å². The van der Waals surface area contributed by atoms with Gasteiger partial charge >= 0.3 is 0 Å². The second-order valence-corrected chi connectivity index (χ2v) is 6.63. The van der Waals surface area contributed by atoms with Crippen molar-refractivity contribution in [1.29, 1.82) is 5.26 Å². The van der Waals surface area contributed by atoms with Crippen LogP contribution in [0.1, 0.15) is 5.56 Å². The summed E-state index contributed by atoms with van der Waals surface area (Å²) in [5.41, 5.74) is 2.26. The summed E-state index contributed by atoms with van der Waals surface area (Å²) in [6.07, 6.45) is 1.63. The lowest BCUT2D eigenvalue weighted by Gasteiger charge is -2.47. The van der Waals surface area contributed by atoms with Crippen LogP contribution in [0.4, 0.5) is 5.69 Å². The van der Waals surface area contributed by atoms with Crippen LogP contribution in [0.15, 0.2) is 24.4 Å². The zero-order valence-corrected chi connectivity index (χ0v) is 13.6. The first-order valence-electron chi connectivity index (χ1n) is 7.93. The van der Waals surface area contributed by atoms with E-state index >= 15 is 0 Å². The number of pyridine rings is 1. The molecule has 1 aromatic carbocycles. The number of benzene rings is 1. The zero-order chi connectivity index (χ0) is 15.8. The molecule has 0 amide bonds. The minimum Gasteiger partial charge on any atom is -0.382 e. The van der Waals surface area contributed by atoms with E-state index in [1.165, 1.54) is 13.1 Å². The SMILES string of the molecule is N#Cc1cnc2ccc(Cl)cc2c1NCC1CN2CCN1CC2. The van der Waals surface area contributed by atoms with Gasteiger partial charge in [0.2, 0.25) is 0 Å². The van der Waals surface area contributed by atoms with E-state index in [2.05, 4.69) is 26.2 Å². The standard InChI is InChI=1S/C17H18ClN5/c18-13-1-2-16-15(7-13)17(12(8-19)9-20-16)21-10-14-11-22-3-5-23(14)6-4-22/h1-2,7,9,14H,3-6,10-11H2,(H,20,21). The normalized spacial score (nSPS) is 26.2. The molecule has 1 aromatic heterocycles. The Hall–Kier alpha value is -1.87. The summed E-state index contributed by atoms with van der Waals surface area (Å²) < 4.78 is 0. The lowest BCUT2D eigenvalue weighted by atomic mass is 10.1. The van der Waals surface area contributed by atoms with Gasteiger partial charge in [-0.15, -0.1) is 0 Å². The van der Waals surface area contributed by atoms with Crippen LogP contribution in [-0.4, -0.2) is 60.1 Å². The Morgan fingerprint density at radius 2 is 2.13 bits per heavy atom. The number of hydrogen-bond acceptors (Lipinski definition) is 5. The average Bonchev–Trinajstić information content (AvgIpc) is 2.60. The van der Waals surface area contributed by atoms with Crippen molar-refractivity contribution < 1.29 is 0 Å². The van der Waals surface area contributed by atoms with Gasteiger partial charge in [-0.3, -0.25) is 14.8 Å². The van der Waals surface area contributed by atoms with Crippen LogP contribution < -0.4 is 5.32 Å². The number of nitriles is 1. The van der Waals surface area contributed by atoms with Crippen molar-refractivity contribution in [1.82, 2.24) is 14.8 Å². The molecule has 3 aliphatic heterocycles. The van der Waals surface area contributed by atoms with Crippen molar-refractivity contribution >= 4 is 28.2 Å². The Morgan fingerprint density at radius 3 is 2.83 bits per heavy atom. The van der Waals surface area contributed by atoms with E-state index in [-0.39, 0.29) is 0 Å². The largest absolute Gasteiger partial charge is 0.382 e. The summed E-state index contributed by atoms with van der Waals surface area (Å²) in [6.45, 7) is 6.55. The van der Waals surface area contributed by atoms with E-state index in [1.54, 1.807) is 6.20 Å². The molecular weight excluding hydrogens is 310 g/mol. The molecule has 0 aliphatic carbocycles. The maximum atomic E-state index is 9.41. The zero-order valence-electron chi connectivity index (χ0n) is 12.8. The summed E-state index contributed by atoms with van der Waals surface area (Å²) >= 11 is 6.13. The highest BCUT2D eigenvalue weighted by Gasteiger charge is 2.31. The van der Waals surface area contributed by atoms with E-state index in [9.17, 15) is 5.26 Å². The molecular formula is C17H18ClN5. The van der Waals surface area contributed by atoms with Crippen molar-refractivity contribution in [2.75, 3.05) is 44.6 Å². The number of nitrogens with zero attached hydrogens (tertiary/aromatic N) is 4. The molecule has 23 heavy (non-hydrogen) atoms. The van der Waals surface area contributed by atoms with E-state index in [4.69, 9.17) is 11.6 Å². The molecule has 3 saturated heterocycles. The molecule has 2 bridgehead atoms. The molecule has 1 unspecified atom stereocenters. The van der Waals surface area contributed by atoms with E-state index < -0.39 is 0 Å². The highest BCUT2D eigenvalue weighted by atomic mass is 35.5. The van der Waals surface area contributed by atoms with E-state index in [0.29, 0.717) is 16.6 Å². The van der Waals surface area contributed by atoms with E-state index in [1.807, 2.05) is 18.2 Å². The van der Waals surface area contributed by atoms with Crippen LogP contribution in [0.25, 0.3) is 10.9 Å². The molecule has 3 aliphatic rings. The van der Waals surface area contributed by atoms with E-state index in [0.717, 1.165) is 42.8 Å². The lowest BCUT2D eigenvalue weighted by Crippen LogP contribution is -2.62. The van der Waals surface area contributed by atoms with Gasteiger partial charge in [0.05, 0.1) is 16.8 Å². The summed E-state index contributed by atoms with van der Waals surface area (Å²) in [5.74, 6) is 0. The minimum atomic E-state index is 0.492. The molecule has 0 radical (unpaired) electrons. The van der Waals surface area contributed by atoms with Gasteiger partial charge in [-0.05, 0) is 18.2 Å². The number of anilines is 1. The highest BCUT2D eigenvalue weighted by Crippen LogP contribution is 2.28. The molecule has 5 nitrogen and oxygen atoms in total. The first-order valence-corrected chi connectivity index (χ1v) is 8.31. The lowest BCUT2D eigenvalue weighted by molar-refractivity contribution is 0.0189. The van der Waals surface area contributed by atoms with Crippen molar-refractivity contribution in [3.05, 3.63) is 35.0 Å². The predicted molar refractivity (Wildman–Crippen MR) is 91.8 cm³/mol. The number of aromatic nitrogens is 1. The molecule has 4 heterocycles. The van der Waals surface area contributed by atoms with Crippen LogP contribution >= 0.6 is 11.6 Å². The van der Waals surface area contributed by atoms with Crippen molar-refractivity contribution in [3.63, 3.8) is 0 Å². The summed E-state index contributed by atoms with van der Waals surface area (Å²) in [7, 11) is 0.